The summed E-state index contributed by atoms with van der Waals surface area (Å²) in [4.78, 5) is 21.7. The van der Waals surface area contributed by atoms with Crippen LogP contribution >= 0.6 is 11.3 Å². The first-order valence-electron chi connectivity index (χ1n) is 8.65. The van der Waals surface area contributed by atoms with Crippen molar-refractivity contribution in [1.82, 2.24) is 9.88 Å². The van der Waals surface area contributed by atoms with Gasteiger partial charge in [0.05, 0.1) is 11.1 Å². The topological polar surface area (TPSA) is 36.4 Å². The number of carbonyl (C=O) groups is 1. The predicted octanol–water partition coefficient (Wildman–Crippen LogP) is 3.96. The van der Waals surface area contributed by atoms with Gasteiger partial charge in [-0.2, -0.15) is 11.3 Å². The molecule has 1 amide bonds. The van der Waals surface area contributed by atoms with Gasteiger partial charge < -0.3 is 9.80 Å². The minimum Gasteiger partial charge on any atom is -0.355 e. The number of rotatable bonds is 2. The van der Waals surface area contributed by atoms with Crippen molar-refractivity contribution in [2.24, 2.45) is 0 Å². The minimum absolute atomic E-state index is 0.144. The number of fused-ring (bicyclic) bond motifs is 1. The molecule has 0 N–H and O–H groups in total. The normalized spacial score (nSPS) is 15.4. The van der Waals surface area contributed by atoms with E-state index in [4.69, 9.17) is 4.98 Å². The van der Waals surface area contributed by atoms with Crippen LogP contribution in [0.5, 0.6) is 0 Å². The van der Waals surface area contributed by atoms with E-state index in [1.165, 1.54) is 10.9 Å². The molecule has 1 aliphatic rings. The van der Waals surface area contributed by atoms with E-state index in [0.29, 0.717) is 0 Å². The second-order valence-corrected chi connectivity index (χ2v) is 7.24. The summed E-state index contributed by atoms with van der Waals surface area (Å²) in [5, 5.41) is 5.09. The molecule has 0 atom stereocenters. The molecule has 3 heterocycles. The number of thiophene rings is 1. The number of aryl methyl sites for hydroxylation is 1. The zero-order valence-corrected chi connectivity index (χ0v) is 15.1. The molecule has 4 nitrogen and oxygen atoms in total. The Morgan fingerprint density at radius 2 is 2.00 bits per heavy atom. The lowest BCUT2D eigenvalue weighted by atomic mass is 10.1. The second kappa shape index (κ2) is 6.84. The van der Waals surface area contributed by atoms with E-state index in [1.54, 1.807) is 11.3 Å². The zero-order chi connectivity index (χ0) is 17.2. The Kier molecular flexibility index (Phi) is 4.40. The summed E-state index contributed by atoms with van der Waals surface area (Å²) in [5.74, 6) is 1.16. The molecule has 0 aliphatic carbocycles. The van der Waals surface area contributed by atoms with Crippen LogP contribution in [0.25, 0.3) is 10.9 Å². The molecule has 0 unspecified atom stereocenters. The molecule has 0 saturated carbocycles. The number of hydrogen-bond acceptors (Lipinski definition) is 4. The first-order valence-corrected chi connectivity index (χ1v) is 9.59. The van der Waals surface area contributed by atoms with E-state index < -0.39 is 0 Å². The van der Waals surface area contributed by atoms with Crippen molar-refractivity contribution in [3.05, 3.63) is 58.3 Å². The van der Waals surface area contributed by atoms with Crippen LogP contribution < -0.4 is 4.90 Å². The molecule has 3 aromatic rings. The van der Waals surface area contributed by atoms with Gasteiger partial charge in [-0.05, 0) is 42.5 Å². The maximum Gasteiger partial charge on any atom is 0.254 e. The number of anilines is 1. The molecule has 0 radical (unpaired) electrons. The standard InChI is InChI=1S/C20H21N3OS/c1-15-13-19(21-18-6-3-2-5-17(15)18)22-8-4-9-23(11-10-22)20(24)16-7-12-25-14-16/h2-3,5-7,12-14H,4,8-11H2,1H3. The van der Waals surface area contributed by atoms with Gasteiger partial charge in [-0.3, -0.25) is 4.79 Å². The first kappa shape index (κ1) is 16.1. The number of nitrogens with zero attached hydrogens (tertiary/aromatic N) is 3. The van der Waals surface area contributed by atoms with Gasteiger partial charge in [-0.25, -0.2) is 4.98 Å². The van der Waals surface area contributed by atoms with Crippen LogP contribution in [0.15, 0.2) is 47.2 Å². The summed E-state index contributed by atoms with van der Waals surface area (Å²) in [6, 6.07) is 12.3. The fraction of sp³-hybridized carbons (Fsp3) is 0.300. The van der Waals surface area contributed by atoms with E-state index in [-0.39, 0.29) is 5.91 Å². The van der Waals surface area contributed by atoms with Crippen molar-refractivity contribution in [2.45, 2.75) is 13.3 Å². The van der Waals surface area contributed by atoms with Crippen LogP contribution in [0.4, 0.5) is 5.82 Å². The molecule has 0 spiro atoms. The summed E-state index contributed by atoms with van der Waals surface area (Å²) >= 11 is 1.57. The highest BCUT2D eigenvalue weighted by molar-refractivity contribution is 7.08. The number of benzene rings is 1. The Morgan fingerprint density at radius 1 is 1.12 bits per heavy atom. The van der Waals surface area contributed by atoms with Crippen LogP contribution in [-0.4, -0.2) is 42.0 Å². The molecule has 0 bridgehead atoms. The molecule has 128 valence electrons. The molecule has 4 rings (SSSR count). The van der Waals surface area contributed by atoms with Crippen molar-refractivity contribution in [1.29, 1.82) is 0 Å². The highest BCUT2D eigenvalue weighted by Gasteiger charge is 2.21. The summed E-state index contributed by atoms with van der Waals surface area (Å²) < 4.78 is 0. The molecule has 1 saturated heterocycles. The van der Waals surface area contributed by atoms with Crippen LogP contribution in [0, 0.1) is 6.92 Å². The van der Waals surface area contributed by atoms with Crippen LogP contribution in [0.1, 0.15) is 22.3 Å². The third-order valence-corrected chi connectivity index (χ3v) is 5.47. The third kappa shape index (κ3) is 3.24. The minimum atomic E-state index is 0.144. The lowest BCUT2D eigenvalue weighted by Crippen LogP contribution is -2.35. The number of hydrogen-bond donors (Lipinski definition) is 0. The van der Waals surface area contributed by atoms with Crippen LogP contribution in [0.2, 0.25) is 0 Å². The zero-order valence-electron chi connectivity index (χ0n) is 14.3. The number of amides is 1. The van der Waals surface area contributed by atoms with Crippen molar-refractivity contribution in [2.75, 3.05) is 31.1 Å². The lowest BCUT2D eigenvalue weighted by molar-refractivity contribution is 0.0767. The quantitative estimate of drug-likeness (QED) is 0.701. The van der Waals surface area contributed by atoms with Gasteiger partial charge in [0.15, 0.2) is 0 Å². The molecule has 25 heavy (non-hydrogen) atoms. The van der Waals surface area contributed by atoms with Gasteiger partial charge in [-0.15, -0.1) is 0 Å². The van der Waals surface area contributed by atoms with Gasteiger partial charge in [0.1, 0.15) is 5.82 Å². The number of carbonyl (C=O) groups excluding carboxylic acids is 1. The fourth-order valence-corrected chi connectivity index (χ4v) is 4.04. The third-order valence-electron chi connectivity index (χ3n) is 4.78. The van der Waals surface area contributed by atoms with E-state index in [2.05, 4.69) is 36.1 Å². The largest absolute Gasteiger partial charge is 0.355 e. The van der Waals surface area contributed by atoms with Crippen molar-refractivity contribution < 1.29 is 4.79 Å². The Labute approximate surface area is 151 Å². The molecule has 2 aromatic heterocycles. The smallest absolute Gasteiger partial charge is 0.254 e. The summed E-state index contributed by atoms with van der Waals surface area (Å²) in [5.41, 5.74) is 3.09. The molecular formula is C20H21N3OS. The van der Waals surface area contributed by atoms with Crippen molar-refractivity contribution in [3.8, 4) is 0 Å². The van der Waals surface area contributed by atoms with E-state index in [0.717, 1.165) is 49.5 Å². The highest BCUT2D eigenvalue weighted by Crippen LogP contribution is 2.23. The van der Waals surface area contributed by atoms with Crippen LogP contribution in [0.3, 0.4) is 0 Å². The Hall–Kier alpha value is -2.40. The van der Waals surface area contributed by atoms with Crippen molar-refractivity contribution >= 4 is 34.0 Å². The van der Waals surface area contributed by atoms with Gasteiger partial charge in [-0.1, -0.05) is 18.2 Å². The average Bonchev–Trinajstić information content (AvgIpc) is 3.05. The number of pyridine rings is 1. The molecule has 1 aromatic carbocycles. The van der Waals surface area contributed by atoms with Gasteiger partial charge >= 0.3 is 0 Å². The lowest BCUT2D eigenvalue weighted by Gasteiger charge is -2.23. The number of aromatic nitrogens is 1. The Bertz CT molecular complexity index is 891. The van der Waals surface area contributed by atoms with E-state index in [1.807, 2.05) is 27.8 Å². The second-order valence-electron chi connectivity index (χ2n) is 6.46. The Morgan fingerprint density at radius 3 is 2.84 bits per heavy atom. The number of para-hydroxylation sites is 1. The average molecular weight is 351 g/mol. The molecule has 1 aliphatic heterocycles. The predicted molar refractivity (Wildman–Crippen MR) is 104 cm³/mol. The monoisotopic (exact) mass is 351 g/mol. The van der Waals surface area contributed by atoms with Crippen LogP contribution in [-0.2, 0) is 0 Å². The first-order chi connectivity index (χ1) is 12.2. The maximum atomic E-state index is 12.6. The summed E-state index contributed by atoms with van der Waals surface area (Å²) in [7, 11) is 0. The SMILES string of the molecule is Cc1cc(N2CCCN(C(=O)c3ccsc3)CC2)nc2ccccc12. The molecule has 1 fully saturated rings. The van der Waals surface area contributed by atoms with E-state index in [9.17, 15) is 4.79 Å². The van der Waals surface area contributed by atoms with Gasteiger partial charge in [0.2, 0.25) is 0 Å². The Balaban J connectivity index is 1.54. The van der Waals surface area contributed by atoms with Crippen molar-refractivity contribution in [3.63, 3.8) is 0 Å². The van der Waals surface area contributed by atoms with Gasteiger partial charge in [0.25, 0.3) is 5.91 Å². The maximum absolute atomic E-state index is 12.6. The molecular weight excluding hydrogens is 330 g/mol. The van der Waals surface area contributed by atoms with Gasteiger partial charge in [0, 0.05) is 36.9 Å². The summed E-state index contributed by atoms with van der Waals surface area (Å²) in [6.07, 6.45) is 0.962. The fourth-order valence-electron chi connectivity index (χ4n) is 3.41. The molecule has 5 heteroatoms. The highest BCUT2D eigenvalue weighted by atomic mass is 32.1. The van der Waals surface area contributed by atoms with E-state index >= 15 is 0 Å². The summed E-state index contributed by atoms with van der Waals surface area (Å²) in [6.45, 7) is 5.43.